The molecule has 0 aliphatic carbocycles. The van der Waals surface area contributed by atoms with E-state index in [0.717, 1.165) is 31.0 Å². The molecule has 0 spiro atoms. The van der Waals surface area contributed by atoms with Crippen molar-refractivity contribution in [1.29, 1.82) is 0 Å². The first-order chi connectivity index (χ1) is 10.1. The van der Waals surface area contributed by atoms with Crippen molar-refractivity contribution in [3.8, 4) is 0 Å². The van der Waals surface area contributed by atoms with Crippen molar-refractivity contribution in [3.63, 3.8) is 0 Å². The van der Waals surface area contributed by atoms with Crippen molar-refractivity contribution in [2.24, 2.45) is 5.41 Å². The van der Waals surface area contributed by atoms with Crippen LogP contribution in [-0.4, -0.2) is 24.5 Å². The van der Waals surface area contributed by atoms with Crippen LogP contribution in [-0.2, 0) is 13.1 Å². The molecule has 2 aromatic rings. The van der Waals surface area contributed by atoms with E-state index in [1.165, 1.54) is 30.5 Å². The van der Waals surface area contributed by atoms with Crippen molar-refractivity contribution in [1.82, 2.24) is 10.2 Å². The van der Waals surface area contributed by atoms with E-state index < -0.39 is 0 Å². The number of likely N-dealkylation sites (tertiary alicyclic amines) is 1. The minimum atomic E-state index is 0.446. The molecule has 2 heterocycles. The molecule has 1 fully saturated rings. The Morgan fingerprint density at radius 3 is 2.81 bits per heavy atom. The van der Waals surface area contributed by atoms with E-state index in [-0.39, 0.29) is 0 Å². The van der Waals surface area contributed by atoms with E-state index in [1.54, 1.807) is 0 Å². The number of benzene rings is 1. The molecule has 0 bridgehead atoms. The van der Waals surface area contributed by atoms with Crippen LogP contribution >= 0.6 is 0 Å². The summed E-state index contributed by atoms with van der Waals surface area (Å²) in [5, 5.41) is 4.67. The number of hydrogen-bond acceptors (Lipinski definition) is 3. The van der Waals surface area contributed by atoms with Gasteiger partial charge in [-0.15, -0.1) is 0 Å². The van der Waals surface area contributed by atoms with Gasteiger partial charge in [-0.25, -0.2) is 0 Å². The summed E-state index contributed by atoms with van der Waals surface area (Å²) in [4.78, 5) is 2.56. The normalized spacial score (nSPS) is 18.6. The molecule has 0 amide bonds. The van der Waals surface area contributed by atoms with Crippen LogP contribution in [0, 0.1) is 5.41 Å². The monoisotopic (exact) mass is 286 g/mol. The first-order valence-electron chi connectivity index (χ1n) is 8.01. The predicted molar refractivity (Wildman–Crippen MR) is 87.3 cm³/mol. The third-order valence-electron chi connectivity index (χ3n) is 4.46. The maximum Gasteiger partial charge on any atom is 0.134 e. The third kappa shape index (κ3) is 3.14. The molecule has 3 heteroatoms. The highest BCUT2D eigenvalue weighted by Crippen LogP contribution is 2.33. The van der Waals surface area contributed by atoms with Gasteiger partial charge in [-0.05, 0) is 31.0 Å². The standard InChI is InChI=1S/C18H26N2O/c1-4-19-11-17-15(12-20-10-9-18(2,3)13-20)14-7-5-6-8-16(14)21-17/h5-8,19H,4,9-13H2,1-3H3. The number of rotatable bonds is 5. The van der Waals surface area contributed by atoms with Gasteiger partial charge in [0.25, 0.3) is 0 Å². The van der Waals surface area contributed by atoms with Crippen LogP contribution in [0.5, 0.6) is 0 Å². The van der Waals surface area contributed by atoms with Gasteiger partial charge in [0.2, 0.25) is 0 Å². The molecular weight excluding hydrogens is 260 g/mol. The lowest BCUT2D eigenvalue weighted by Crippen LogP contribution is -2.23. The number of furan rings is 1. The molecule has 0 radical (unpaired) electrons. The molecule has 0 saturated carbocycles. The van der Waals surface area contributed by atoms with Gasteiger partial charge in [-0.1, -0.05) is 39.0 Å². The molecule has 1 aromatic carbocycles. The zero-order valence-corrected chi connectivity index (χ0v) is 13.4. The molecule has 1 saturated heterocycles. The van der Waals surface area contributed by atoms with E-state index >= 15 is 0 Å². The fraction of sp³-hybridized carbons (Fsp3) is 0.556. The molecule has 1 aliphatic heterocycles. The van der Waals surface area contributed by atoms with Crippen LogP contribution in [0.1, 0.15) is 38.5 Å². The van der Waals surface area contributed by atoms with E-state index in [9.17, 15) is 0 Å². The van der Waals surface area contributed by atoms with E-state index in [4.69, 9.17) is 4.42 Å². The lowest BCUT2D eigenvalue weighted by Gasteiger charge is -2.19. The molecule has 21 heavy (non-hydrogen) atoms. The highest BCUT2D eigenvalue weighted by molar-refractivity contribution is 5.82. The van der Waals surface area contributed by atoms with Gasteiger partial charge in [0.1, 0.15) is 11.3 Å². The smallest absolute Gasteiger partial charge is 0.134 e. The maximum atomic E-state index is 6.07. The minimum Gasteiger partial charge on any atom is -0.459 e. The first kappa shape index (κ1) is 14.6. The average molecular weight is 286 g/mol. The second-order valence-corrected chi connectivity index (χ2v) is 6.91. The highest BCUT2D eigenvalue weighted by Gasteiger charge is 2.30. The van der Waals surface area contributed by atoms with Gasteiger partial charge in [-0.2, -0.15) is 0 Å². The topological polar surface area (TPSA) is 28.4 Å². The summed E-state index contributed by atoms with van der Waals surface area (Å²) in [5.41, 5.74) is 2.82. The number of nitrogens with one attached hydrogen (secondary N) is 1. The lowest BCUT2D eigenvalue weighted by molar-refractivity contribution is 0.282. The molecule has 1 aromatic heterocycles. The third-order valence-corrected chi connectivity index (χ3v) is 4.46. The molecule has 1 N–H and O–H groups in total. The summed E-state index contributed by atoms with van der Waals surface area (Å²) in [6, 6.07) is 8.41. The highest BCUT2D eigenvalue weighted by atomic mass is 16.3. The Bertz CT molecular complexity index is 615. The Morgan fingerprint density at radius 1 is 1.29 bits per heavy atom. The fourth-order valence-corrected chi connectivity index (χ4v) is 3.29. The van der Waals surface area contributed by atoms with Gasteiger partial charge in [0.15, 0.2) is 0 Å². The van der Waals surface area contributed by atoms with Gasteiger partial charge < -0.3 is 9.73 Å². The SMILES string of the molecule is CCNCc1oc2ccccc2c1CN1CCC(C)(C)C1. The average Bonchev–Trinajstić information content (AvgIpc) is 2.98. The van der Waals surface area contributed by atoms with Crippen molar-refractivity contribution in [2.45, 2.75) is 40.3 Å². The summed E-state index contributed by atoms with van der Waals surface area (Å²) >= 11 is 0. The minimum absolute atomic E-state index is 0.446. The molecule has 0 atom stereocenters. The molecule has 114 valence electrons. The Morgan fingerprint density at radius 2 is 2.10 bits per heavy atom. The Hall–Kier alpha value is -1.32. The summed E-state index contributed by atoms with van der Waals surface area (Å²) in [6.45, 7) is 12.0. The Labute approximate surface area is 127 Å². The van der Waals surface area contributed by atoms with E-state index in [0.29, 0.717) is 5.41 Å². The summed E-state index contributed by atoms with van der Waals surface area (Å²) < 4.78 is 6.07. The van der Waals surface area contributed by atoms with Crippen LogP contribution in [0.3, 0.4) is 0 Å². The van der Waals surface area contributed by atoms with Crippen LogP contribution in [0.25, 0.3) is 11.0 Å². The quantitative estimate of drug-likeness (QED) is 0.907. The zero-order chi connectivity index (χ0) is 14.9. The van der Waals surface area contributed by atoms with Crippen LogP contribution in [0.4, 0.5) is 0 Å². The summed E-state index contributed by atoms with van der Waals surface area (Å²) in [6.07, 6.45) is 1.28. The molecule has 0 unspecified atom stereocenters. The maximum absolute atomic E-state index is 6.07. The number of para-hydroxylation sites is 1. The number of fused-ring (bicyclic) bond motifs is 1. The van der Waals surface area contributed by atoms with Gasteiger partial charge in [0.05, 0.1) is 6.54 Å². The van der Waals surface area contributed by atoms with E-state index in [2.05, 4.69) is 49.2 Å². The number of nitrogens with zero attached hydrogens (tertiary/aromatic N) is 1. The van der Waals surface area contributed by atoms with E-state index in [1.807, 2.05) is 6.07 Å². The second-order valence-electron chi connectivity index (χ2n) is 6.91. The second kappa shape index (κ2) is 5.82. The fourth-order valence-electron chi connectivity index (χ4n) is 3.29. The van der Waals surface area contributed by atoms with Gasteiger partial charge in [-0.3, -0.25) is 4.90 Å². The zero-order valence-electron chi connectivity index (χ0n) is 13.4. The molecule has 3 rings (SSSR count). The van der Waals surface area contributed by atoms with Crippen molar-refractivity contribution < 1.29 is 4.42 Å². The number of hydrogen-bond donors (Lipinski definition) is 1. The van der Waals surface area contributed by atoms with Gasteiger partial charge in [0, 0.05) is 24.0 Å². The molecular formula is C18H26N2O. The summed E-state index contributed by atoms with van der Waals surface area (Å²) in [5.74, 6) is 1.10. The van der Waals surface area contributed by atoms with Crippen LogP contribution in [0.2, 0.25) is 0 Å². The summed E-state index contributed by atoms with van der Waals surface area (Å²) in [7, 11) is 0. The van der Waals surface area contributed by atoms with Crippen molar-refractivity contribution >= 4 is 11.0 Å². The lowest BCUT2D eigenvalue weighted by atomic mass is 9.93. The van der Waals surface area contributed by atoms with Crippen molar-refractivity contribution in [3.05, 3.63) is 35.6 Å². The van der Waals surface area contributed by atoms with Crippen LogP contribution in [0.15, 0.2) is 28.7 Å². The van der Waals surface area contributed by atoms with Gasteiger partial charge >= 0.3 is 0 Å². The van der Waals surface area contributed by atoms with Crippen LogP contribution < -0.4 is 5.32 Å². The Kier molecular flexibility index (Phi) is 4.05. The Balaban J connectivity index is 1.88. The predicted octanol–water partition coefficient (Wildman–Crippen LogP) is 3.77. The van der Waals surface area contributed by atoms with Crippen molar-refractivity contribution in [2.75, 3.05) is 19.6 Å². The molecule has 1 aliphatic rings. The first-order valence-corrected chi connectivity index (χ1v) is 8.01. The molecule has 3 nitrogen and oxygen atoms in total. The largest absolute Gasteiger partial charge is 0.459 e.